The van der Waals surface area contributed by atoms with Crippen LogP contribution in [-0.4, -0.2) is 24.9 Å². The fraction of sp³-hybridized carbons (Fsp3) is 0.538. The van der Waals surface area contributed by atoms with E-state index in [1.165, 1.54) is 5.56 Å². The van der Waals surface area contributed by atoms with Crippen LogP contribution in [0.15, 0.2) is 24.3 Å². The number of rotatable bonds is 3. The molecule has 0 spiro atoms. The van der Waals surface area contributed by atoms with Gasteiger partial charge in [-0.1, -0.05) is 18.2 Å². The summed E-state index contributed by atoms with van der Waals surface area (Å²) in [5.74, 6) is 1.02. The Morgan fingerprint density at radius 1 is 1.31 bits per heavy atom. The Morgan fingerprint density at radius 3 is 2.88 bits per heavy atom. The summed E-state index contributed by atoms with van der Waals surface area (Å²) in [5, 5.41) is 0. The topological polar surface area (TPSA) is 44.5 Å². The van der Waals surface area contributed by atoms with Gasteiger partial charge in [0, 0.05) is 12.5 Å². The van der Waals surface area contributed by atoms with E-state index < -0.39 is 0 Å². The molecule has 2 aliphatic rings. The van der Waals surface area contributed by atoms with Gasteiger partial charge in [-0.2, -0.15) is 0 Å². The largest absolute Gasteiger partial charge is 0.487 e. The molecule has 3 rings (SSSR count). The van der Waals surface area contributed by atoms with Gasteiger partial charge in [-0.15, -0.1) is 0 Å². The van der Waals surface area contributed by atoms with Crippen LogP contribution in [0.5, 0.6) is 5.75 Å². The van der Waals surface area contributed by atoms with Gasteiger partial charge in [0.15, 0.2) is 0 Å². The Hall–Kier alpha value is -1.06. The maximum Gasteiger partial charge on any atom is 0.126 e. The van der Waals surface area contributed by atoms with E-state index in [1.807, 2.05) is 12.1 Å². The molecule has 0 saturated heterocycles. The average molecular weight is 219 g/mol. The molecule has 86 valence electrons. The number of ether oxygens (including phenoxy) is 2. The van der Waals surface area contributed by atoms with Gasteiger partial charge in [-0.05, 0) is 24.5 Å². The minimum absolute atomic E-state index is 0.189. The highest BCUT2D eigenvalue weighted by Gasteiger charge is 2.29. The summed E-state index contributed by atoms with van der Waals surface area (Å²) in [6.07, 6.45) is 3.52. The third-order valence-corrected chi connectivity index (χ3v) is 3.36. The van der Waals surface area contributed by atoms with E-state index >= 15 is 0 Å². The second-order valence-electron chi connectivity index (χ2n) is 4.74. The van der Waals surface area contributed by atoms with E-state index in [0.29, 0.717) is 18.8 Å². The van der Waals surface area contributed by atoms with Crippen molar-refractivity contribution in [3.8, 4) is 5.75 Å². The summed E-state index contributed by atoms with van der Waals surface area (Å²) >= 11 is 0. The van der Waals surface area contributed by atoms with Gasteiger partial charge in [0.2, 0.25) is 0 Å². The van der Waals surface area contributed by atoms with Crippen molar-refractivity contribution >= 4 is 0 Å². The van der Waals surface area contributed by atoms with E-state index in [9.17, 15) is 0 Å². The lowest BCUT2D eigenvalue weighted by atomic mass is 9.90. The van der Waals surface area contributed by atoms with Crippen LogP contribution < -0.4 is 10.5 Å². The zero-order valence-corrected chi connectivity index (χ0v) is 9.26. The van der Waals surface area contributed by atoms with Crippen molar-refractivity contribution in [3.05, 3.63) is 29.8 Å². The van der Waals surface area contributed by atoms with Crippen LogP contribution in [0.25, 0.3) is 0 Å². The lowest BCUT2D eigenvalue weighted by molar-refractivity contribution is -0.0381. The van der Waals surface area contributed by atoms with Gasteiger partial charge >= 0.3 is 0 Å². The highest BCUT2D eigenvalue weighted by molar-refractivity contribution is 5.37. The summed E-state index contributed by atoms with van der Waals surface area (Å²) in [6, 6.07) is 8.55. The lowest BCUT2D eigenvalue weighted by Gasteiger charge is -2.32. The molecule has 3 nitrogen and oxygen atoms in total. The molecule has 16 heavy (non-hydrogen) atoms. The molecule has 1 saturated carbocycles. The lowest BCUT2D eigenvalue weighted by Crippen LogP contribution is -2.43. The number of nitrogens with two attached hydrogens (primary N) is 1. The van der Waals surface area contributed by atoms with E-state index in [0.717, 1.165) is 25.0 Å². The fourth-order valence-electron chi connectivity index (χ4n) is 2.33. The van der Waals surface area contributed by atoms with Crippen LogP contribution in [-0.2, 0) is 11.2 Å². The smallest absolute Gasteiger partial charge is 0.126 e. The predicted molar refractivity (Wildman–Crippen MR) is 61.5 cm³/mol. The van der Waals surface area contributed by atoms with E-state index in [4.69, 9.17) is 15.2 Å². The van der Waals surface area contributed by atoms with E-state index in [1.54, 1.807) is 0 Å². The zero-order chi connectivity index (χ0) is 11.0. The molecular formula is C13H17NO2. The Morgan fingerprint density at radius 2 is 2.12 bits per heavy atom. The number of para-hydroxylation sites is 1. The number of hydrogen-bond donors (Lipinski definition) is 1. The van der Waals surface area contributed by atoms with E-state index in [-0.39, 0.29) is 6.10 Å². The van der Waals surface area contributed by atoms with Gasteiger partial charge in [0.05, 0.1) is 12.7 Å². The molecule has 0 aromatic heterocycles. The van der Waals surface area contributed by atoms with Crippen LogP contribution in [0.4, 0.5) is 0 Å². The first-order valence-electron chi connectivity index (χ1n) is 5.93. The highest BCUT2D eigenvalue weighted by atomic mass is 16.5. The molecule has 1 atom stereocenters. The second kappa shape index (κ2) is 4.07. The number of hydrogen-bond acceptors (Lipinski definition) is 3. The molecule has 1 heterocycles. The van der Waals surface area contributed by atoms with Crippen LogP contribution in [0.3, 0.4) is 0 Å². The Bertz CT molecular complexity index is 349. The summed E-state index contributed by atoms with van der Waals surface area (Å²) in [6.45, 7) is 0.687. The molecule has 0 bridgehead atoms. The molecule has 1 unspecified atom stereocenters. The van der Waals surface area contributed by atoms with Gasteiger partial charge in [0.25, 0.3) is 0 Å². The summed E-state index contributed by atoms with van der Waals surface area (Å²) in [7, 11) is 0. The fourth-order valence-corrected chi connectivity index (χ4v) is 2.33. The summed E-state index contributed by atoms with van der Waals surface area (Å²) in [4.78, 5) is 0. The zero-order valence-electron chi connectivity index (χ0n) is 9.26. The van der Waals surface area contributed by atoms with Gasteiger partial charge in [0.1, 0.15) is 11.9 Å². The first-order valence-corrected chi connectivity index (χ1v) is 5.93. The van der Waals surface area contributed by atoms with Gasteiger partial charge in [-0.3, -0.25) is 0 Å². The third-order valence-electron chi connectivity index (χ3n) is 3.36. The molecule has 1 aliphatic carbocycles. The molecule has 2 N–H and O–H groups in total. The van der Waals surface area contributed by atoms with Crippen LogP contribution in [0.1, 0.15) is 18.4 Å². The molecule has 1 fully saturated rings. The first-order chi connectivity index (χ1) is 7.81. The van der Waals surface area contributed by atoms with Crippen LogP contribution in [0.2, 0.25) is 0 Å². The highest BCUT2D eigenvalue weighted by Crippen LogP contribution is 2.29. The maximum absolute atomic E-state index is 5.80. The van der Waals surface area contributed by atoms with Crippen molar-refractivity contribution in [1.29, 1.82) is 0 Å². The van der Waals surface area contributed by atoms with Crippen molar-refractivity contribution in [2.24, 2.45) is 5.73 Å². The van der Waals surface area contributed by atoms with Gasteiger partial charge < -0.3 is 15.2 Å². The van der Waals surface area contributed by atoms with Crippen LogP contribution in [0, 0.1) is 0 Å². The molecule has 3 heteroatoms. The molecule has 0 amide bonds. The quantitative estimate of drug-likeness (QED) is 0.837. The molecule has 1 aromatic rings. The molecule has 1 aromatic carbocycles. The summed E-state index contributed by atoms with van der Waals surface area (Å²) in [5.41, 5.74) is 7.00. The second-order valence-corrected chi connectivity index (χ2v) is 4.74. The minimum atomic E-state index is 0.189. The number of benzene rings is 1. The summed E-state index contributed by atoms with van der Waals surface area (Å²) < 4.78 is 11.6. The Labute approximate surface area is 95.5 Å². The Kier molecular flexibility index (Phi) is 2.58. The standard InChI is InChI=1S/C13H17NO2/c14-10-6-11(7-10)15-8-12-5-9-3-1-2-4-13(9)16-12/h1-4,10-12H,5-8,14H2. The SMILES string of the molecule is NC1CC(OCC2Cc3ccccc3O2)C1. The maximum atomic E-state index is 5.80. The van der Waals surface area contributed by atoms with Gasteiger partial charge in [-0.25, -0.2) is 0 Å². The van der Waals surface area contributed by atoms with Crippen molar-refractivity contribution in [3.63, 3.8) is 0 Å². The monoisotopic (exact) mass is 219 g/mol. The number of fused-ring (bicyclic) bond motifs is 1. The van der Waals surface area contributed by atoms with Crippen molar-refractivity contribution in [2.75, 3.05) is 6.61 Å². The normalized spacial score (nSPS) is 31.7. The van der Waals surface area contributed by atoms with Crippen LogP contribution >= 0.6 is 0 Å². The predicted octanol–water partition coefficient (Wildman–Crippen LogP) is 1.50. The van der Waals surface area contributed by atoms with Crippen molar-refractivity contribution in [2.45, 2.75) is 37.5 Å². The Balaban J connectivity index is 1.49. The molecular weight excluding hydrogens is 202 g/mol. The average Bonchev–Trinajstić information content (AvgIpc) is 2.65. The third kappa shape index (κ3) is 1.93. The van der Waals surface area contributed by atoms with Crippen molar-refractivity contribution < 1.29 is 9.47 Å². The molecule has 1 aliphatic heterocycles. The van der Waals surface area contributed by atoms with Crippen molar-refractivity contribution in [1.82, 2.24) is 0 Å². The molecule has 0 radical (unpaired) electrons. The minimum Gasteiger partial charge on any atom is -0.487 e. The van der Waals surface area contributed by atoms with E-state index in [2.05, 4.69) is 12.1 Å². The first kappa shape index (κ1) is 10.1.